The average molecular weight is 371 g/mol. The minimum Gasteiger partial charge on any atom is -0.460 e. The highest BCUT2D eigenvalue weighted by molar-refractivity contribution is 6.30. The Morgan fingerprint density at radius 3 is 2.32 bits per heavy atom. The van der Waals surface area contributed by atoms with E-state index in [1.807, 2.05) is 0 Å². The number of rotatable bonds is 4. The van der Waals surface area contributed by atoms with Gasteiger partial charge in [-0.15, -0.1) is 0 Å². The highest BCUT2D eigenvalue weighted by atomic mass is 35.5. The molecule has 25 heavy (non-hydrogen) atoms. The first-order chi connectivity index (χ1) is 11.8. The van der Waals surface area contributed by atoms with Crippen LogP contribution in [0.1, 0.15) is 11.1 Å². The van der Waals surface area contributed by atoms with Gasteiger partial charge in [0.05, 0.1) is 5.56 Å². The summed E-state index contributed by atoms with van der Waals surface area (Å²) in [6.07, 6.45) is -4.69. The molecule has 0 atom stereocenters. The van der Waals surface area contributed by atoms with Crippen molar-refractivity contribution >= 4 is 11.6 Å². The normalized spacial score (nSPS) is 11.6. The van der Waals surface area contributed by atoms with Crippen molar-refractivity contribution in [3.8, 4) is 17.3 Å². The molecule has 0 saturated heterocycles. The molecule has 0 saturated carbocycles. The number of hydrogen-bond donors (Lipinski definition) is 0. The molecule has 130 valence electrons. The second-order valence-electron chi connectivity index (χ2n) is 5.20. The lowest BCUT2D eigenvalue weighted by atomic mass is 10.1. The van der Waals surface area contributed by atoms with Gasteiger partial charge in [-0.1, -0.05) is 35.9 Å². The van der Waals surface area contributed by atoms with Gasteiger partial charge in [0, 0.05) is 11.1 Å². The molecular formula is C18H11ClF4O2. The lowest BCUT2D eigenvalue weighted by molar-refractivity contribution is -0.139. The van der Waals surface area contributed by atoms with Crippen molar-refractivity contribution in [2.75, 3.05) is 0 Å². The number of ether oxygens (including phenoxy) is 1. The molecule has 2 aromatic carbocycles. The predicted octanol–water partition coefficient (Wildman–Crippen LogP) is 6.34. The Morgan fingerprint density at radius 2 is 1.68 bits per heavy atom. The maximum Gasteiger partial charge on any atom is 0.423 e. The minimum absolute atomic E-state index is 0.0747. The van der Waals surface area contributed by atoms with Crippen molar-refractivity contribution in [2.24, 2.45) is 0 Å². The largest absolute Gasteiger partial charge is 0.460 e. The van der Waals surface area contributed by atoms with Crippen LogP contribution in [0.5, 0.6) is 5.95 Å². The van der Waals surface area contributed by atoms with Crippen LogP contribution in [0.3, 0.4) is 0 Å². The van der Waals surface area contributed by atoms with Gasteiger partial charge in [0.1, 0.15) is 23.7 Å². The molecule has 0 spiro atoms. The lowest BCUT2D eigenvalue weighted by Crippen LogP contribution is -2.06. The molecule has 0 fully saturated rings. The van der Waals surface area contributed by atoms with E-state index in [4.69, 9.17) is 20.8 Å². The third-order valence-corrected chi connectivity index (χ3v) is 3.68. The summed E-state index contributed by atoms with van der Waals surface area (Å²) >= 11 is 5.76. The molecule has 0 radical (unpaired) electrons. The maximum atomic E-state index is 13.8. The fourth-order valence-corrected chi connectivity index (χ4v) is 2.33. The van der Waals surface area contributed by atoms with Gasteiger partial charge in [-0.2, -0.15) is 13.2 Å². The van der Waals surface area contributed by atoms with Gasteiger partial charge < -0.3 is 9.15 Å². The van der Waals surface area contributed by atoms with Crippen LogP contribution in [0, 0.1) is 5.82 Å². The van der Waals surface area contributed by atoms with E-state index in [0.29, 0.717) is 10.6 Å². The van der Waals surface area contributed by atoms with Gasteiger partial charge in [-0.3, -0.25) is 0 Å². The molecule has 1 aromatic heterocycles. The predicted molar refractivity (Wildman–Crippen MR) is 84.9 cm³/mol. The summed E-state index contributed by atoms with van der Waals surface area (Å²) in [6.45, 7) is -0.148. The molecular weight excluding hydrogens is 360 g/mol. The van der Waals surface area contributed by atoms with Crippen molar-refractivity contribution in [2.45, 2.75) is 12.8 Å². The number of hydrogen-bond acceptors (Lipinski definition) is 2. The first-order valence-corrected chi connectivity index (χ1v) is 7.55. The molecule has 0 N–H and O–H groups in total. The summed E-state index contributed by atoms with van der Waals surface area (Å²) in [5.41, 5.74) is -0.560. The zero-order valence-corrected chi connectivity index (χ0v) is 13.4. The van der Waals surface area contributed by atoms with E-state index < -0.39 is 23.5 Å². The minimum atomic E-state index is -4.69. The standard InChI is InChI=1S/C18H11ClF4O2/c19-12-7-5-11(6-8-12)10-24-17-14(18(21,22)23)9-16(25-17)13-3-1-2-4-15(13)20/h1-9H,10H2. The van der Waals surface area contributed by atoms with Gasteiger partial charge >= 0.3 is 6.18 Å². The van der Waals surface area contributed by atoms with Crippen LogP contribution >= 0.6 is 11.6 Å². The van der Waals surface area contributed by atoms with Crippen LogP contribution in [0.4, 0.5) is 17.6 Å². The molecule has 0 bridgehead atoms. The summed E-state index contributed by atoms with van der Waals surface area (Å²) in [5, 5.41) is 0.500. The highest BCUT2D eigenvalue weighted by Gasteiger charge is 2.38. The first-order valence-electron chi connectivity index (χ1n) is 7.18. The molecule has 0 unspecified atom stereocenters. The van der Waals surface area contributed by atoms with Crippen LogP contribution in [0.15, 0.2) is 59.0 Å². The third kappa shape index (κ3) is 3.96. The Kier molecular flexibility index (Phi) is 4.72. The van der Waals surface area contributed by atoms with Gasteiger partial charge in [0.15, 0.2) is 0 Å². The molecule has 0 aliphatic rings. The Morgan fingerprint density at radius 1 is 1.00 bits per heavy atom. The second kappa shape index (κ2) is 6.80. The fourth-order valence-electron chi connectivity index (χ4n) is 2.20. The number of halogens is 5. The third-order valence-electron chi connectivity index (χ3n) is 3.43. The average Bonchev–Trinajstić information content (AvgIpc) is 2.99. The van der Waals surface area contributed by atoms with E-state index >= 15 is 0 Å². The van der Waals surface area contributed by atoms with Gasteiger partial charge in [0.2, 0.25) is 0 Å². The molecule has 0 amide bonds. The van der Waals surface area contributed by atoms with Crippen molar-refractivity contribution < 1.29 is 26.7 Å². The summed E-state index contributed by atoms with van der Waals surface area (Å²) in [5.74, 6) is -1.65. The van der Waals surface area contributed by atoms with E-state index in [2.05, 4.69) is 0 Å². The van der Waals surface area contributed by atoms with Gasteiger partial charge in [-0.25, -0.2) is 4.39 Å². The summed E-state index contributed by atoms with van der Waals surface area (Å²) in [7, 11) is 0. The number of alkyl halides is 3. The van der Waals surface area contributed by atoms with E-state index in [9.17, 15) is 17.6 Å². The monoisotopic (exact) mass is 370 g/mol. The van der Waals surface area contributed by atoms with Crippen LogP contribution in [-0.2, 0) is 12.8 Å². The molecule has 2 nitrogen and oxygen atoms in total. The number of benzene rings is 2. The lowest BCUT2D eigenvalue weighted by Gasteiger charge is -2.08. The smallest absolute Gasteiger partial charge is 0.423 e. The topological polar surface area (TPSA) is 22.4 Å². The molecule has 3 aromatic rings. The highest BCUT2D eigenvalue weighted by Crippen LogP contribution is 2.42. The van der Waals surface area contributed by atoms with Crippen molar-refractivity contribution in [1.29, 1.82) is 0 Å². The second-order valence-corrected chi connectivity index (χ2v) is 5.64. The summed E-state index contributed by atoms with van der Waals surface area (Å²) in [4.78, 5) is 0. The molecule has 0 aliphatic heterocycles. The SMILES string of the molecule is Fc1ccccc1-c1cc(C(F)(F)F)c(OCc2ccc(Cl)cc2)o1. The quantitative estimate of drug-likeness (QED) is 0.500. The van der Waals surface area contributed by atoms with E-state index in [0.717, 1.165) is 12.1 Å². The fraction of sp³-hybridized carbons (Fsp3) is 0.111. The molecule has 1 heterocycles. The molecule has 7 heteroatoms. The van der Waals surface area contributed by atoms with Crippen LogP contribution in [0.2, 0.25) is 5.02 Å². The van der Waals surface area contributed by atoms with Crippen molar-refractivity contribution in [3.63, 3.8) is 0 Å². The van der Waals surface area contributed by atoms with E-state index in [1.54, 1.807) is 24.3 Å². The van der Waals surface area contributed by atoms with Crippen LogP contribution < -0.4 is 4.74 Å². The van der Waals surface area contributed by atoms with Crippen LogP contribution in [0.25, 0.3) is 11.3 Å². The Bertz CT molecular complexity index is 870. The molecule has 0 aliphatic carbocycles. The summed E-state index contributed by atoms with van der Waals surface area (Å²) in [6, 6.07) is 12.6. The van der Waals surface area contributed by atoms with Crippen molar-refractivity contribution in [1.82, 2.24) is 0 Å². The van der Waals surface area contributed by atoms with E-state index in [1.165, 1.54) is 18.2 Å². The van der Waals surface area contributed by atoms with Gasteiger partial charge in [-0.05, 0) is 29.8 Å². The maximum absolute atomic E-state index is 13.8. The molecule has 3 rings (SSSR count). The summed E-state index contributed by atoms with van der Waals surface area (Å²) < 4.78 is 63.7. The zero-order valence-electron chi connectivity index (χ0n) is 12.6. The van der Waals surface area contributed by atoms with Crippen molar-refractivity contribution in [3.05, 3.63) is 76.6 Å². The van der Waals surface area contributed by atoms with Crippen LogP contribution in [-0.4, -0.2) is 0 Å². The number of furan rings is 1. The Balaban J connectivity index is 1.92. The first kappa shape index (κ1) is 17.4. The van der Waals surface area contributed by atoms with E-state index in [-0.39, 0.29) is 17.9 Å². The Hall–Kier alpha value is -2.47. The zero-order chi connectivity index (χ0) is 18.0. The Labute approximate surface area is 145 Å². The van der Waals surface area contributed by atoms with Gasteiger partial charge in [0.25, 0.3) is 5.95 Å².